The molecule has 4 heterocycles. The van der Waals surface area contributed by atoms with Crippen LogP contribution in [-0.2, 0) is 32.3 Å². The molecule has 0 aliphatic rings. The number of carbonyl (C=O) groups is 2. The predicted molar refractivity (Wildman–Crippen MR) is 129 cm³/mol. The van der Waals surface area contributed by atoms with Crippen molar-refractivity contribution in [2.75, 3.05) is 0 Å². The molecule has 8 nitrogen and oxygen atoms in total. The van der Waals surface area contributed by atoms with Gasteiger partial charge in [-0.1, -0.05) is 0 Å². The molecule has 0 aromatic carbocycles. The Labute approximate surface area is 203 Å². The molecule has 0 bridgehead atoms. The highest BCUT2D eigenvalue weighted by Crippen LogP contribution is 2.18. The fraction of sp³-hybridized carbons (Fsp3) is 0.0833. The molecule has 0 radical (unpaired) electrons. The highest BCUT2D eigenvalue weighted by atomic mass is 32.1. The van der Waals surface area contributed by atoms with Gasteiger partial charge < -0.3 is 9.47 Å². The number of ether oxygens (including phenoxy) is 2. The van der Waals surface area contributed by atoms with E-state index in [0.717, 1.165) is 21.1 Å². The summed E-state index contributed by atoms with van der Waals surface area (Å²) in [6, 6.07) is 7.13. The number of hydrogen-bond donors (Lipinski definition) is 0. The number of pyridine rings is 2. The summed E-state index contributed by atoms with van der Waals surface area (Å²) in [6.45, 7) is 0.193. The van der Waals surface area contributed by atoms with E-state index < -0.39 is 11.9 Å². The van der Waals surface area contributed by atoms with Crippen molar-refractivity contribution in [1.29, 1.82) is 0 Å². The van der Waals surface area contributed by atoms with Crippen molar-refractivity contribution >= 4 is 46.8 Å². The largest absolute Gasteiger partial charge is 0.458 e. The second-order valence-corrected chi connectivity index (χ2v) is 8.57. The average molecular weight is 491 g/mol. The average Bonchev–Trinajstić information content (AvgIpc) is 3.59. The molecule has 0 aliphatic heterocycles. The Morgan fingerprint density at radius 2 is 1.18 bits per heavy atom. The van der Waals surface area contributed by atoms with Crippen molar-refractivity contribution in [2.45, 2.75) is 13.2 Å². The Bertz CT molecular complexity index is 1200. The Kier molecular flexibility index (Phi) is 7.99. The molecule has 0 unspecified atom stereocenters. The molecule has 4 rings (SSSR count). The standard InChI is InChI=1S/C24H18N4O4S2/c29-23(3-1-21-27-9-11-33-21)31-15-17-5-7-25-19(13-17)20-14-18(6-8-26-20)16-32-24(30)4-2-22-28-10-12-34-22/h1-14H,15-16H2/b3-1+,4-2+. The molecule has 4 aromatic rings. The number of thiazole rings is 2. The van der Waals surface area contributed by atoms with Crippen LogP contribution >= 0.6 is 22.7 Å². The molecule has 0 aliphatic carbocycles. The zero-order chi connectivity index (χ0) is 23.6. The van der Waals surface area contributed by atoms with Crippen LogP contribution in [0, 0.1) is 0 Å². The summed E-state index contributed by atoms with van der Waals surface area (Å²) < 4.78 is 10.6. The fourth-order valence-electron chi connectivity index (χ4n) is 2.73. The number of carbonyl (C=O) groups excluding carboxylic acids is 2. The van der Waals surface area contributed by atoms with E-state index >= 15 is 0 Å². The van der Waals surface area contributed by atoms with Gasteiger partial charge in [0.1, 0.15) is 23.2 Å². The van der Waals surface area contributed by atoms with Gasteiger partial charge in [0.05, 0.1) is 11.4 Å². The van der Waals surface area contributed by atoms with E-state index in [0.29, 0.717) is 11.4 Å². The van der Waals surface area contributed by atoms with Crippen molar-refractivity contribution in [1.82, 2.24) is 19.9 Å². The molecule has 10 heteroatoms. The third kappa shape index (κ3) is 6.99. The lowest BCUT2D eigenvalue weighted by Gasteiger charge is -2.07. The predicted octanol–water partition coefficient (Wildman–Crippen LogP) is 4.57. The lowest BCUT2D eigenvalue weighted by atomic mass is 10.1. The Hall–Kier alpha value is -4.02. The van der Waals surface area contributed by atoms with Gasteiger partial charge in [-0.3, -0.25) is 9.97 Å². The van der Waals surface area contributed by atoms with Crippen molar-refractivity contribution < 1.29 is 19.1 Å². The molecule has 0 saturated heterocycles. The third-order valence-corrected chi connectivity index (χ3v) is 5.78. The van der Waals surface area contributed by atoms with Crippen molar-refractivity contribution in [3.8, 4) is 11.4 Å². The molecule has 4 aromatic heterocycles. The van der Waals surface area contributed by atoms with Crippen LogP contribution in [0.2, 0.25) is 0 Å². The van der Waals surface area contributed by atoms with Crippen molar-refractivity contribution in [3.05, 3.63) is 93.1 Å². The molecule has 0 atom stereocenters. The lowest BCUT2D eigenvalue weighted by molar-refractivity contribution is -0.139. The van der Waals surface area contributed by atoms with Crippen molar-refractivity contribution in [2.24, 2.45) is 0 Å². The first-order valence-corrected chi connectivity index (χ1v) is 11.8. The number of aromatic nitrogens is 4. The molecular weight excluding hydrogens is 472 g/mol. The summed E-state index contributed by atoms with van der Waals surface area (Å²) in [5.74, 6) is -0.918. The van der Waals surface area contributed by atoms with Gasteiger partial charge >= 0.3 is 11.9 Å². The van der Waals surface area contributed by atoms with Gasteiger partial charge in [-0.05, 0) is 47.5 Å². The topological polar surface area (TPSA) is 104 Å². The molecule has 0 N–H and O–H groups in total. The van der Waals surface area contributed by atoms with Gasteiger partial charge in [0, 0.05) is 47.7 Å². The molecular formula is C24H18N4O4S2. The second-order valence-electron chi connectivity index (χ2n) is 6.72. The zero-order valence-corrected chi connectivity index (χ0v) is 19.4. The van der Waals surface area contributed by atoms with Gasteiger partial charge in [0.25, 0.3) is 0 Å². The van der Waals surface area contributed by atoms with Gasteiger partial charge in [-0.15, -0.1) is 22.7 Å². The normalized spacial score (nSPS) is 11.2. The Balaban J connectivity index is 1.33. The summed E-state index contributed by atoms with van der Waals surface area (Å²) in [7, 11) is 0. The molecule has 0 fully saturated rings. The molecule has 170 valence electrons. The highest BCUT2D eigenvalue weighted by Gasteiger charge is 2.07. The monoisotopic (exact) mass is 490 g/mol. The van der Waals surface area contributed by atoms with Crippen molar-refractivity contribution in [3.63, 3.8) is 0 Å². The first-order valence-electron chi connectivity index (χ1n) is 10.0. The van der Waals surface area contributed by atoms with Crippen LogP contribution < -0.4 is 0 Å². The maximum atomic E-state index is 11.9. The van der Waals surface area contributed by atoms with E-state index in [9.17, 15) is 9.59 Å². The van der Waals surface area contributed by atoms with Gasteiger partial charge in [-0.2, -0.15) is 0 Å². The summed E-state index contributed by atoms with van der Waals surface area (Å²) in [5.41, 5.74) is 2.77. The van der Waals surface area contributed by atoms with E-state index in [2.05, 4.69) is 19.9 Å². The van der Waals surface area contributed by atoms with Crippen LogP contribution in [0.5, 0.6) is 0 Å². The van der Waals surface area contributed by atoms with Gasteiger partial charge in [0.2, 0.25) is 0 Å². The first-order chi connectivity index (χ1) is 16.7. The van der Waals surface area contributed by atoms with Gasteiger partial charge in [-0.25, -0.2) is 19.6 Å². The SMILES string of the molecule is O=C(/C=C/c1nccs1)OCc1ccnc(-c2cc(COC(=O)/C=C/c3nccs3)ccn2)c1. The van der Waals surface area contributed by atoms with Crippen LogP contribution in [0.1, 0.15) is 21.1 Å². The minimum Gasteiger partial charge on any atom is -0.458 e. The first kappa shape index (κ1) is 23.1. The number of nitrogens with zero attached hydrogens (tertiary/aromatic N) is 4. The highest BCUT2D eigenvalue weighted by molar-refractivity contribution is 7.10. The summed E-state index contributed by atoms with van der Waals surface area (Å²) in [6.07, 6.45) is 12.5. The minimum absolute atomic E-state index is 0.0965. The Morgan fingerprint density at radius 3 is 1.59 bits per heavy atom. The number of hydrogen-bond acceptors (Lipinski definition) is 10. The number of rotatable bonds is 9. The van der Waals surface area contributed by atoms with Crippen LogP contribution in [0.25, 0.3) is 23.5 Å². The smallest absolute Gasteiger partial charge is 0.331 e. The maximum absolute atomic E-state index is 11.9. The molecule has 0 saturated carbocycles. The van der Waals surface area contributed by atoms with E-state index in [1.54, 1.807) is 61.2 Å². The van der Waals surface area contributed by atoms with Crippen LogP contribution in [0.4, 0.5) is 0 Å². The van der Waals surface area contributed by atoms with Crippen LogP contribution in [0.15, 0.2) is 72.0 Å². The van der Waals surface area contributed by atoms with Crippen LogP contribution in [0.3, 0.4) is 0 Å². The van der Waals surface area contributed by atoms with E-state index in [4.69, 9.17) is 9.47 Å². The third-order valence-electron chi connectivity index (χ3n) is 4.30. The lowest BCUT2D eigenvalue weighted by Crippen LogP contribution is -2.02. The van der Waals surface area contributed by atoms with E-state index in [1.165, 1.54) is 34.8 Å². The van der Waals surface area contributed by atoms with Gasteiger partial charge in [0.15, 0.2) is 0 Å². The molecule has 0 amide bonds. The Morgan fingerprint density at radius 1 is 0.706 bits per heavy atom. The van der Waals surface area contributed by atoms with E-state index in [-0.39, 0.29) is 13.2 Å². The fourth-order valence-corrected chi connectivity index (χ4v) is 3.78. The van der Waals surface area contributed by atoms with E-state index in [1.807, 2.05) is 10.8 Å². The summed E-state index contributed by atoms with van der Waals surface area (Å²) in [4.78, 5) is 40.7. The number of esters is 2. The molecule has 34 heavy (non-hydrogen) atoms. The van der Waals surface area contributed by atoms with Crippen LogP contribution in [-0.4, -0.2) is 31.9 Å². The second kappa shape index (κ2) is 11.7. The molecule has 0 spiro atoms. The summed E-state index contributed by atoms with van der Waals surface area (Å²) in [5, 5.41) is 5.13. The zero-order valence-electron chi connectivity index (χ0n) is 17.7. The summed E-state index contributed by atoms with van der Waals surface area (Å²) >= 11 is 2.87. The maximum Gasteiger partial charge on any atom is 0.331 e. The minimum atomic E-state index is -0.459. The quantitative estimate of drug-likeness (QED) is 0.248.